The normalized spacial score (nSPS) is 20.1. The molecule has 0 amide bonds. The number of halogens is 1. The van der Waals surface area contributed by atoms with Crippen molar-refractivity contribution in [2.24, 2.45) is 5.92 Å². The van der Waals surface area contributed by atoms with Crippen LogP contribution >= 0.6 is 11.6 Å². The van der Waals surface area contributed by atoms with Crippen LogP contribution < -0.4 is 0 Å². The van der Waals surface area contributed by atoms with Gasteiger partial charge < -0.3 is 0 Å². The molecule has 2 heteroatoms. The molecule has 1 saturated carbocycles. The molecule has 1 aliphatic rings. The fourth-order valence-corrected chi connectivity index (χ4v) is 3.10. The van der Waals surface area contributed by atoms with Crippen molar-refractivity contribution >= 4 is 17.4 Å². The van der Waals surface area contributed by atoms with Gasteiger partial charge in [-0.15, -0.1) is 0 Å². The summed E-state index contributed by atoms with van der Waals surface area (Å²) in [5, 5.41) is 0.884. The standard InChI is InChI=1S/C16H21ClO/c1-2-14-9-8-13(11-16(14)17)7-6-12-4-3-5-15(18)10-12/h8-9,11-12H,2-7,10H2,1H3. The predicted molar refractivity (Wildman–Crippen MR) is 76.1 cm³/mol. The molecule has 0 radical (unpaired) electrons. The monoisotopic (exact) mass is 264 g/mol. The molecule has 0 N–H and O–H groups in total. The van der Waals surface area contributed by atoms with Gasteiger partial charge in [-0.25, -0.2) is 0 Å². The highest BCUT2D eigenvalue weighted by molar-refractivity contribution is 6.31. The summed E-state index contributed by atoms with van der Waals surface area (Å²) >= 11 is 6.22. The number of Topliss-reactive ketones (excluding diaryl/α,β-unsaturated/α-hetero) is 1. The van der Waals surface area contributed by atoms with Gasteiger partial charge in [-0.05, 0) is 55.2 Å². The number of ketones is 1. The van der Waals surface area contributed by atoms with Crippen LogP contribution in [0, 0.1) is 5.92 Å². The summed E-state index contributed by atoms with van der Waals surface area (Å²) in [6.45, 7) is 2.12. The molecule has 1 fully saturated rings. The fourth-order valence-electron chi connectivity index (χ4n) is 2.76. The lowest BCUT2D eigenvalue weighted by atomic mass is 9.84. The van der Waals surface area contributed by atoms with E-state index in [4.69, 9.17) is 11.6 Å². The van der Waals surface area contributed by atoms with Gasteiger partial charge in [-0.1, -0.05) is 30.7 Å². The van der Waals surface area contributed by atoms with Crippen LogP contribution in [0.25, 0.3) is 0 Å². The van der Waals surface area contributed by atoms with E-state index >= 15 is 0 Å². The Hall–Kier alpha value is -0.820. The molecule has 98 valence electrons. The number of carbonyl (C=O) groups is 1. The number of hydrogen-bond donors (Lipinski definition) is 0. The van der Waals surface area contributed by atoms with Crippen molar-refractivity contribution in [3.05, 3.63) is 34.3 Å². The SMILES string of the molecule is CCc1ccc(CCC2CCCC(=O)C2)cc1Cl. The van der Waals surface area contributed by atoms with Crippen LogP contribution in [0.4, 0.5) is 0 Å². The van der Waals surface area contributed by atoms with Gasteiger partial charge in [-0.2, -0.15) is 0 Å². The maximum atomic E-state index is 11.4. The molecule has 0 aliphatic heterocycles. The fraction of sp³-hybridized carbons (Fsp3) is 0.562. The van der Waals surface area contributed by atoms with Crippen molar-refractivity contribution in [1.29, 1.82) is 0 Å². The van der Waals surface area contributed by atoms with Crippen LogP contribution in [-0.4, -0.2) is 5.78 Å². The van der Waals surface area contributed by atoms with Crippen LogP contribution in [-0.2, 0) is 17.6 Å². The number of benzene rings is 1. The lowest BCUT2D eigenvalue weighted by molar-refractivity contribution is -0.121. The molecule has 1 atom stereocenters. The topological polar surface area (TPSA) is 17.1 Å². The summed E-state index contributed by atoms with van der Waals surface area (Å²) in [5.74, 6) is 1.04. The first-order valence-corrected chi connectivity index (χ1v) is 7.36. The molecule has 0 heterocycles. The van der Waals surface area contributed by atoms with Gasteiger partial charge in [0.25, 0.3) is 0 Å². The van der Waals surface area contributed by atoms with Gasteiger partial charge >= 0.3 is 0 Å². The summed E-state index contributed by atoms with van der Waals surface area (Å²) in [5.41, 5.74) is 2.52. The van der Waals surface area contributed by atoms with Crippen LogP contribution in [0.3, 0.4) is 0 Å². The Morgan fingerprint density at radius 1 is 1.39 bits per heavy atom. The highest BCUT2D eigenvalue weighted by Crippen LogP contribution is 2.26. The zero-order valence-electron chi connectivity index (χ0n) is 11.0. The maximum Gasteiger partial charge on any atom is 0.133 e. The Labute approximate surface area is 115 Å². The highest BCUT2D eigenvalue weighted by Gasteiger charge is 2.19. The smallest absolute Gasteiger partial charge is 0.133 e. The third kappa shape index (κ3) is 3.58. The van der Waals surface area contributed by atoms with Gasteiger partial charge in [0.1, 0.15) is 5.78 Å². The molecule has 1 unspecified atom stereocenters. The summed E-state index contributed by atoms with van der Waals surface area (Å²) in [6, 6.07) is 6.39. The lowest BCUT2D eigenvalue weighted by Crippen LogP contribution is -2.15. The van der Waals surface area contributed by atoms with Gasteiger partial charge in [-0.3, -0.25) is 4.79 Å². The second-order valence-corrected chi connectivity index (χ2v) is 5.73. The predicted octanol–water partition coefficient (Wildman–Crippen LogP) is 4.59. The summed E-state index contributed by atoms with van der Waals surface area (Å²) in [4.78, 5) is 11.4. The first-order chi connectivity index (χ1) is 8.69. The molecule has 0 saturated heterocycles. The van der Waals surface area contributed by atoms with E-state index in [0.717, 1.165) is 43.5 Å². The largest absolute Gasteiger partial charge is 0.300 e. The summed E-state index contributed by atoms with van der Waals surface area (Å²) in [7, 11) is 0. The molecule has 18 heavy (non-hydrogen) atoms. The Kier molecular flexibility index (Phi) is 4.82. The van der Waals surface area contributed by atoms with Crippen molar-refractivity contribution in [3.63, 3.8) is 0 Å². The molecule has 1 nitrogen and oxygen atoms in total. The Morgan fingerprint density at radius 2 is 2.22 bits per heavy atom. The highest BCUT2D eigenvalue weighted by atomic mass is 35.5. The van der Waals surface area contributed by atoms with E-state index in [2.05, 4.69) is 25.1 Å². The van der Waals surface area contributed by atoms with Crippen LogP contribution in [0.5, 0.6) is 0 Å². The van der Waals surface area contributed by atoms with E-state index in [1.54, 1.807) is 0 Å². The molecule has 1 aromatic rings. The average molecular weight is 265 g/mol. The van der Waals surface area contributed by atoms with Crippen molar-refractivity contribution in [3.8, 4) is 0 Å². The van der Waals surface area contributed by atoms with Crippen molar-refractivity contribution in [2.45, 2.75) is 51.9 Å². The average Bonchev–Trinajstić information content (AvgIpc) is 2.37. The third-order valence-corrected chi connectivity index (χ3v) is 4.28. The van der Waals surface area contributed by atoms with Gasteiger partial charge in [0.05, 0.1) is 0 Å². The zero-order chi connectivity index (χ0) is 13.0. The van der Waals surface area contributed by atoms with Crippen molar-refractivity contribution < 1.29 is 4.79 Å². The van der Waals surface area contributed by atoms with E-state index < -0.39 is 0 Å². The van der Waals surface area contributed by atoms with E-state index in [1.807, 2.05) is 0 Å². The quantitative estimate of drug-likeness (QED) is 0.777. The first-order valence-electron chi connectivity index (χ1n) is 6.98. The minimum atomic E-state index is 0.450. The Balaban J connectivity index is 1.89. The van der Waals surface area contributed by atoms with Crippen molar-refractivity contribution in [2.75, 3.05) is 0 Å². The number of aryl methyl sites for hydroxylation is 2. The first kappa shape index (κ1) is 13.6. The van der Waals surface area contributed by atoms with Crippen LogP contribution in [0.15, 0.2) is 18.2 Å². The molecular formula is C16H21ClO. The maximum absolute atomic E-state index is 11.4. The van der Waals surface area contributed by atoms with E-state index in [0.29, 0.717) is 11.7 Å². The Bertz CT molecular complexity index is 425. The van der Waals surface area contributed by atoms with Gasteiger partial charge in [0.2, 0.25) is 0 Å². The van der Waals surface area contributed by atoms with Crippen LogP contribution in [0.2, 0.25) is 5.02 Å². The molecule has 2 rings (SSSR count). The van der Waals surface area contributed by atoms with E-state index in [1.165, 1.54) is 17.5 Å². The zero-order valence-corrected chi connectivity index (χ0v) is 11.8. The second kappa shape index (κ2) is 6.38. The minimum absolute atomic E-state index is 0.450. The molecule has 0 aromatic heterocycles. The molecule has 1 aromatic carbocycles. The molecule has 0 bridgehead atoms. The third-order valence-electron chi connectivity index (χ3n) is 3.92. The van der Waals surface area contributed by atoms with E-state index in [-0.39, 0.29) is 0 Å². The summed E-state index contributed by atoms with van der Waals surface area (Å²) in [6.07, 6.45) is 7.03. The van der Waals surface area contributed by atoms with Gasteiger partial charge in [0, 0.05) is 17.9 Å². The second-order valence-electron chi connectivity index (χ2n) is 5.32. The molecular weight excluding hydrogens is 244 g/mol. The minimum Gasteiger partial charge on any atom is -0.300 e. The van der Waals surface area contributed by atoms with Crippen LogP contribution in [0.1, 0.15) is 50.2 Å². The number of carbonyl (C=O) groups excluding carboxylic acids is 1. The molecule has 0 spiro atoms. The Morgan fingerprint density at radius 3 is 2.89 bits per heavy atom. The number of rotatable bonds is 4. The van der Waals surface area contributed by atoms with E-state index in [9.17, 15) is 4.79 Å². The van der Waals surface area contributed by atoms with Crippen molar-refractivity contribution in [1.82, 2.24) is 0 Å². The summed E-state index contributed by atoms with van der Waals surface area (Å²) < 4.78 is 0. The number of hydrogen-bond acceptors (Lipinski definition) is 1. The van der Waals surface area contributed by atoms with Gasteiger partial charge in [0.15, 0.2) is 0 Å². The lowest BCUT2D eigenvalue weighted by Gasteiger charge is -2.20. The molecule has 1 aliphatic carbocycles.